The maximum Gasteiger partial charge on any atom is 0.166 e. The predicted molar refractivity (Wildman–Crippen MR) is 89.5 cm³/mol. The van der Waals surface area contributed by atoms with Gasteiger partial charge in [0.05, 0.1) is 0 Å². The molecule has 1 saturated carbocycles. The van der Waals surface area contributed by atoms with Crippen molar-refractivity contribution in [3.8, 4) is 0 Å². The van der Waals surface area contributed by atoms with Gasteiger partial charge in [0.1, 0.15) is 0 Å². The van der Waals surface area contributed by atoms with Crippen LogP contribution < -0.4 is 0 Å². The standard InChI is InChI=1S/C18H22ClNO/c1-4-10-18(13-20(2)3)11-9-15(17(18)21)12-14-5-7-16(19)8-6-14/h4-8,12H,1,9-11,13H2,2-3H3/b15-12+. The fraction of sp³-hybridized carbons (Fsp3) is 0.389. The third-order valence-electron chi connectivity index (χ3n) is 4.01. The first-order valence-electron chi connectivity index (χ1n) is 7.23. The maximum absolute atomic E-state index is 12.9. The van der Waals surface area contributed by atoms with Crippen LogP contribution in [-0.2, 0) is 4.79 Å². The van der Waals surface area contributed by atoms with Crippen molar-refractivity contribution in [1.82, 2.24) is 4.90 Å². The Morgan fingerprint density at radius 1 is 1.33 bits per heavy atom. The van der Waals surface area contributed by atoms with Crippen LogP contribution in [0.15, 0.2) is 42.5 Å². The number of hydrogen-bond acceptors (Lipinski definition) is 2. The van der Waals surface area contributed by atoms with Crippen molar-refractivity contribution in [2.24, 2.45) is 5.41 Å². The predicted octanol–water partition coefficient (Wildman–Crippen LogP) is 4.21. The molecule has 0 aliphatic heterocycles. The number of halogens is 1. The van der Waals surface area contributed by atoms with Gasteiger partial charge in [-0.15, -0.1) is 6.58 Å². The van der Waals surface area contributed by atoms with Gasteiger partial charge in [-0.3, -0.25) is 4.79 Å². The number of hydrogen-bond donors (Lipinski definition) is 0. The van der Waals surface area contributed by atoms with E-state index >= 15 is 0 Å². The molecule has 0 amide bonds. The molecule has 0 saturated heterocycles. The first kappa shape index (κ1) is 16.0. The SMILES string of the molecule is C=CCC1(CN(C)C)CC/C(=C\c2ccc(Cl)cc2)C1=O. The lowest BCUT2D eigenvalue weighted by atomic mass is 9.81. The Kier molecular flexibility index (Phi) is 5.02. The molecule has 0 bridgehead atoms. The molecule has 1 aromatic carbocycles. The summed E-state index contributed by atoms with van der Waals surface area (Å²) in [5.74, 6) is 0.269. The van der Waals surface area contributed by atoms with Crippen LogP contribution in [0.2, 0.25) is 5.02 Å². The quantitative estimate of drug-likeness (QED) is 0.600. The summed E-state index contributed by atoms with van der Waals surface area (Å²) in [6.45, 7) is 4.60. The smallest absolute Gasteiger partial charge is 0.166 e. The summed E-state index contributed by atoms with van der Waals surface area (Å²) in [5.41, 5.74) is 1.65. The second kappa shape index (κ2) is 6.59. The number of benzene rings is 1. The molecule has 112 valence electrons. The summed E-state index contributed by atoms with van der Waals surface area (Å²) in [4.78, 5) is 14.9. The number of carbonyl (C=O) groups is 1. The second-order valence-electron chi connectivity index (χ2n) is 6.06. The average molecular weight is 304 g/mol. The van der Waals surface area contributed by atoms with Crippen molar-refractivity contribution in [3.63, 3.8) is 0 Å². The summed E-state index contributed by atoms with van der Waals surface area (Å²) in [6, 6.07) is 7.60. The van der Waals surface area contributed by atoms with E-state index in [0.717, 1.165) is 36.9 Å². The molecule has 1 fully saturated rings. The molecule has 0 radical (unpaired) electrons. The van der Waals surface area contributed by atoms with E-state index in [1.807, 2.05) is 50.5 Å². The van der Waals surface area contributed by atoms with Crippen molar-refractivity contribution >= 4 is 23.5 Å². The average Bonchev–Trinajstić information content (AvgIpc) is 2.71. The summed E-state index contributed by atoms with van der Waals surface area (Å²) < 4.78 is 0. The van der Waals surface area contributed by atoms with Crippen LogP contribution in [0.1, 0.15) is 24.8 Å². The van der Waals surface area contributed by atoms with Crippen LogP contribution in [-0.4, -0.2) is 31.3 Å². The zero-order valence-corrected chi connectivity index (χ0v) is 13.5. The molecular weight excluding hydrogens is 282 g/mol. The first-order chi connectivity index (χ1) is 9.97. The van der Waals surface area contributed by atoms with E-state index in [2.05, 4.69) is 11.5 Å². The van der Waals surface area contributed by atoms with E-state index < -0.39 is 0 Å². The van der Waals surface area contributed by atoms with Crippen LogP contribution in [0, 0.1) is 5.41 Å². The molecule has 3 heteroatoms. The topological polar surface area (TPSA) is 20.3 Å². The van der Waals surface area contributed by atoms with Crippen LogP contribution in [0.3, 0.4) is 0 Å². The van der Waals surface area contributed by atoms with Gasteiger partial charge in [0, 0.05) is 17.0 Å². The number of Topliss-reactive ketones (excluding diaryl/α,β-unsaturated/α-hetero) is 1. The molecule has 1 aliphatic carbocycles. The van der Waals surface area contributed by atoms with E-state index in [0.29, 0.717) is 5.02 Å². The molecule has 2 rings (SSSR count). The monoisotopic (exact) mass is 303 g/mol. The minimum atomic E-state index is -0.302. The lowest BCUT2D eigenvalue weighted by Gasteiger charge is -2.29. The number of rotatable bonds is 5. The van der Waals surface area contributed by atoms with Crippen molar-refractivity contribution in [1.29, 1.82) is 0 Å². The molecule has 0 spiro atoms. The van der Waals surface area contributed by atoms with Gasteiger partial charge >= 0.3 is 0 Å². The van der Waals surface area contributed by atoms with Crippen molar-refractivity contribution < 1.29 is 4.79 Å². The van der Waals surface area contributed by atoms with Crippen LogP contribution in [0.5, 0.6) is 0 Å². The summed E-state index contributed by atoms with van der Waals surface area (Å²) in [5, 5.41) is 0.712. The lowest BCUT2D eigenvalue weighted by molar-refractivity contribution is -0.123. The highest BCUT2D eigenvalue weighted by Crippen LogP contribution is 2.42. The third kappa shape index (κ3) is 3.63. The highest BCUT2D eigenvalue weighted by Gasteiger charge is 2.43. The minimum Gasteiger partial charge on any atom is -0.308 e. The van der Waals surface area contributed by atoms with Crippen molar-refractivity contribution in [3.05, 3.63) is 53.1 Å². The molecular formula is C18H22ClNO. The molecule has 1 atom stereocenters. The normalized spacial score (nSPS) is 24.0. The third-order valence-corrected chi connectivity index (χ3v) is 4.26. The zero-order valence-electron chi connectivity index (χ0n) is 12.7. The Bertz CT molecular complexity index is 559. The Hall–Kier alpha value is -1.38. The number of carbonyl (C=O) groups excluding carboxylic acids is 1. The Morgan fingerprint density at radius 3 is 2.57 bits per heavy atom. The van der Waals surface area contributed by atoms with Crippen LogP contribution in [0.4, 0.5) is 0 Å². The number of allylic oxidation sites excluding steroid dienone is 2. The highest BCUT2D eigenvalue weighted by atomic mass is 35.5. The lowest BCUT2D eigenvalue weighted by Crippen LogP contribution is -2.37. The second-order valence-corrected chi connectivity index (χ2v) is 6.50. The van der Waals surface area contributed by atoms with Gasteiger partial charge in [-0.05, 0) is 62.7 Å². The van der Waals surface area contributed by atoms with Gasteiger partial charge < -0.3 is 4.90 Å². The maximum atomic E-state index is 12.9. The highest BCUT2D eigenvalue weighted by molar-refractivity contribution is 6.30. The van der Waals surface area contributed by atoms with Crippen LogP contribution >= 0.6 is 11.6 Å². The minimum absolute atomic E-state index is 0.269. The van der Waals surface area contributed by atoms with Crippen LogP contribution in [0.25, 0.3) is 6.08 Å². The fourth-order valence-corrected chi connectivity index (χ4v) is 3.26. The summed E-state index contributed by atoms with van der Waals surface area (Å²) >= 11 is 5.90. The van der Waals surface area contributed by atoms with E-state index in [1.54, 1.807) is 0 Å². The zero-order chi connectivity index (χ0) is 15.5. The van der Waals surface area contributed by atoms with Gasteiger partial charge in [0.25, 0.3) is 0 Å². The van der Waals surface area contributed by atoms with Crippen molar-refractivity contribution in [2.45, 2.75) is 19.3 Å². The molecule has 2 nitrogen and oxygen atoms in total. The molecule has 0 N–H and O–H groups in total. The Balaban J connectivity index is 2.26. The Morgan fingerprint density at radius 2 is 2.00 bits per heavy atom. The Labute approximate surface area is 132 Å². The van der Waals surface area contributed by atoms with Crippen molar-refractivity contribution in [2.75, 3.05) is 20.6 Å². The largest absolute Gasteiger partial charge is 0.308 e. The van der Waals surface area contributed by atoms with Gasteiger partial charge in [0.2, 0.25) is 0 Å². The summed E-state index contributed by atoms with van der Waals surface area (Å²) in [6.07, 6.45) is 6.34. The number of nitrogens with zero attached hydrogens (tertiary/aromatic N) is 1. The molecule has 1 aromatic rings. The summed E-state index contributed by atoms with van der Waals surface area (Å²) in [7, 11) is 4.03. The van der Waals surface area contributed by atoms with Gasteiger partial charge in [-0.25, -0.2) is 0 Å². The molecule has 1 unspecified atom stereocenters. The van der Waals surface area contributed by atoms with E-state index in [4.69, 9.17) is 11.6 Å². The molecule has 1 aliphatic rings. The van der Waals surface area contributed by atoms with Gasteiger partial charge in [-0.2, -0.15) is 0 Å². The van der Waals surface area contributed by atoms with E-state index in [-0.39, 0.29) is 11.2 Å². The molecule has 0 heterocycles. The van der Waals surface area contributed by atoms with E-state index in [9.17, 15) is 4.79 Å². The molecule has 0 aromatic heterocycles. The fourth-order valence-electron chi connectivity index (χ4n) is 3.13. The van der Waals surface area contributed by atoms with Gasteiger partial charge in [-0.1, -0.05) is 29.8 Å². The first-order valence-corrected chi connectivity index (χ1v) is 7.61. The van der Waals surface area contributed by atoms with E-state index in [1.165, 1.54) is 0 Å². The number of ketones is 1. The van der Waals surface area contributed by atoms with Gasteiger partial charge in [0.15, 0.2) is 5.78 Å². The molecule has 21 heavy (non-hydrogen) atoms.